The maximum Gasteiger partial charge on any atom is 0.195 e. The molecule has 2 rings (SSSR count). The van der Waals surface area contributed by atoms with Gasteiger partial charge in [0.15, 0.2) is 10.6 Å². The summed E-state index contributed by atoms with van der Waals surface area (Å²) in [6.07, 6.45) is 0. The predicted octanol–water partition coefficient (Wildman–Crippen LogP) is 4.29. The van der Waals surface area contributed by atoms with Crippen molar-refractivity contribution in [3.05, 3.63) is 33.6 Å². The van der Waals surface area contributed by atoms with E-state index in [4.69, 9.17) is 12.2 Å². The molecule has 0 fully saturated rings. The molecule has 0 aliphatic heterocycles. The Morgan fingerprint density at radius 1 is 1.11 bits per heavy atom. The number of aromatic nitrogens is 3. The Bertz CT molecular complexity index is 648. The lowest BCUT2D eigenvalue weighted by Crippen LogP contribution is -2.23. The summed E-state index contributed by atoms with van der Waals surface area (Å²) in [5.41, 5.74) is 4.82. The minimum atomic E-state index is -0.0941. The predicted molar refractivity (Wildman–Crippen MR) is 82.1 cm³/mol. The Morgan fingerprint density at radius 3 is 2.11 bits per heavy atom. The van der Waals surface area contributed by atoms with E-state index in [0.717, 1.165) is 5.82 Å². The topological polar surface area (TPSA) is 33.6 Å². The zero-order valence-corrected chi connectivity index (χ0v) is 13.3. The van der Waals surface area contributed by atoms with Gasteiger partial charge in [-0.2, -0.15) is 5.10 Å². The number of H-pyrrole nitrogens is 1. The van der Waals surface area contributed by atoms with E-state index in [-0.39, 0.29) is 5.54 Å². The number of aromatic amines is 1. The summed E-state index contributed by atoms with van der Waals surface area (Å²) in [6, 6.07) is 4.38. The number of benzene rings is 1. The third-order valence-electron chi connectivity index (χ3n) is 3.24. The third kappa shape index (κ3) is 2.50. The Balaban J connectivity index is 2.78. The molecule has 4 heteroatoms. The molecule has 1 aromatic carbocycles. The smallest absolute Gasteiger partial charge is 0.195 e. The van der Waals surface area contributed by atoms with Gasteiger partial charge in [-0.3, -0.25) is 9.67 Å². The Kier molecular flexibility index (Phi) is 3.39. The first-order chi connectivity index (χ1) is 8.71. The van der Waals surface area contributed by atoms with Gasteiger partial charge < -0.3 is 0 Å². The summed E-state index contributed by atoms with van der Waals surface area (Å²) in [5.74, 6) is 0.924. The van der Waals surface area contributed by atoms with Crippen LogP contribution in [0, 0.1) is 25.5 Å². The van der Waals surface area contributed by atoms with Crippen LogP contribution in [0.25, 0.3) is 11.4 Å². The molecule has 3 nitrogen and oxygen atoms in total. The van der Waals surface area contributed by atoms with Gasteiger partial charge in [-0.25, -0.2) is 0 Å². The van der Waals surface area contributed by atoms with E-state index in [1.165, 1.54) is 22.3 Å². The largest absolute Gasteiger partial charge is 0.295 e. The van der Waals surface area contributed by atoms with Crippen molar-refractivity contribution in [3.8, 4) is 11.4 Å². The molecule has 0 saturated heterocycles. The van der Waals surface area contributed by atoms with Crippen LogP contribution in [0.1, 0.15) is 37.5 Å². The van der Waals surface area contributed by atoms with Crippen molar-refractivity contribution in [1.29, 1.82) is 0 Å². The van der Waals surface area contributed by atoms with Crippen LogP contribution in [0.4, 0.5) is 0 Å². The zero-order chi connectivity index (χ0) is 14.4. The molecule has 2 aromatic rings. The second-order valence-corrected chi connectivity index (χ2v) is 6.52. The number of aryl methyl sites for hydroxylation is 3. The fourth-order valence-corrected chi connectivity index (χ4v) is 3.03. The maximum atomic E-state index is 5.38. The van der Waals surface area contributed by atoms with Crippen LogP contribution in [-0.4, -0.2) is 14.8 Å². The van der Waals surface area contributed by atoms with Crippen molar-refractivity contribution < 1.29 is 0 Å². The molecular weight excluding hydrogens is 254 g/mol. The number of hydrogen-bond acceptors (Lipinski definition) is 2. The minimum Gasteiger partial charge on any atom is -0.295 e. The molecular formula is C15H21N3S. The molecule has 0 amide bonds. The second kappa shape index (κ2) is 4.60. The summed E-state index contributed by atoms with van der Waals surface area (Å²) in [7, 11) is 0. The highest BCUT2D eigenvalue weighted by atomic mass is 32.1. The van der Waals surface area contributed by atoms with Gasteiger partial charge in [-0.15, -0.1) is 0 Å². The first-order valence-electron chi connectivity index (χ1n) is 6.48. The van der Waals surface area contributed by atoms with Crippen LogP contribution in [0.15, 0.2) is 12.1 Å². The van der Waals surface area contributed by atoms with Crippen molar-refractivity contribution in [2.24, 2.45) is 0 Å². The molecule has 0 aliphatic rings. The molecule has 1 heterocycles. The fourth-order valence-electron chi connectivity index (χ4n) is 2.62. The van der Waals surface area contributed by atoms with E-state index >= 15 is 0 Å². The SMILES string of the molecule is Cc1cc(C)c(-c2n[nH]c(=S)n2C(C)(C)C)c(C)c1. The van der Waals surface area contributed by atoms with Crippen LogP contribution < -0.4 is 0 Å². The number of rotatable bonds is 1. The summed E-state index contributed by atoms with van der Waals surface area (Å²) in [5, 5.41) is 7.38. The Hall–Kier alpha value is -1.42. The van der Waals surface area contributed by atoms with Crippen molar-refractivity contribution in [2.45, 2.75) is 47.1 Å². The normalized spacial score (nSPS) is 11.9. The highest BCUT2D eigenvalue weighted by molar-refractivity contribution is 7.71. The van der Waals surface area contributed by atoms with Gasteiger partial charge >= 0.3 is 0 Å². The average Bonchev–Trinajstić information content (AvgIpc) is 2.57. The summed E-state index contributed by atoms with van der Waals surface area (Å²) in [4.78, 5) is 0. The molecule has 0 radical (unpaired) electrons. The standard InChI is InChI=1S/C15H21N3S/c1-9-7-10(2)12(11(3)8-9)13-16-17-14(19)18(13)15(4,5)6/h7-8H,1-6H3,(H,17,19). The van der Waals surface area contributed by atoms with Crippen LogP contribution in [0.5, 0.6) is 0 Å². The molecule has 1 N–H and O–H groups in total. The second-order valence-electron chi connectivity index (χ2n) is 6.13. The zero-order valence-electron chi connectivity index (χ0n) is 12.5. The number of hydrogen-bond donors (Lipinski definition) is 1. The lowest BCUT2D eigenvalue weighted by molar-refractivity contribution is 0.395. The van der Waals surface area contributed by atoms with Gasteiger partial charge in [0.2, 0.25) is 0 Å². The first-order valence-corrected chi connectivity index (χ1v) is 6.89. The van der Waals surface area contributed by atoms with Crippen LogP contribution in [0.3, 0.4) is 0 Å². The fraction of sp³-hybridized carbons (Fsp3) is 0.467. The maximum absolute atomic E-state index is 5.38. The monoisotopic (exact) mass is 275 g/mol. The molecule has 1 aromatic heterocycles. The number of nitrogens with zero attached hydrogens (tertiary/aromatic N) is 2. The third-order valence-corrected chi connectivity index (χ3v) is 3.52. The quantitative estimate of drug-likeness (QED) is 0.788. The van der Waals surface area contributed by atoms with E-state index < -0.39 is 0 Å². The molecule has 0 bridgehead atoms. The molecule has 0 unspecified atom stereocenters. The van der Waals surface area contributed by atoms with Gasteiger partial charge in [-0.05, 0) is 64.9 Å². The molecule has 0 saturated carbocycles. The molecule has 0 aliphatic carbocycles. The van der Waals surface area contributed by atoms with E-state index in [2.05, 4.69) is 68.4 Å². The molecule has 0 atom stereocenters. The van der Waals surface area contributed by atoms with Gasteiger partial charge in [0.25, 0.3) is 0 Å². The highest BCUT2D eigenvalue weighted by Crippen LogP contribution is 2.30. The van der Waals surface area contributed by atoms with Crippen LogP contribution in [-0.2, 0) is 5.54 Å². The highest BCUT2D eigenvalue weighted by Gasteiger charge is 2.22. The van der Waals surface area contributed by atoms with Crippen molar-refractivity contribution in [2.75, 3.05) is 0 Å². The minimum absolute atomic E-state index is 0.0941. The Labute approximate surface area is 119 Å². The van der Waals surface area contributed by atoms with Crippen molar-refractivity contribution in [3.63, 3.8) is 0 Å². The van der Waals surface area contributed by atoms with E-state index in [1.54, 1.807) is 0 Å². The van der Waals surface area contributed by atoms with Crippen molar-refractivity contribution >= 4 is 12.2 Å². The first kappa shape index (κ1) is 14.0. The van der Waals surface area contributed by atoms with E-state index in [1.807, 2.05) is 0 Å². The molecule has 0 spiro atoms. The van der Waals surface area contributed by atoms with E-state index in [9.17, 15) is 0 Å². The van der Waals surface area contributed by atoms with Crippen molar-refractivity contribution in [1.82, 2.24) is 14.8 Å². The van der Waals surface area contributed by atoms with Crippen LogP contribution in [0.2, 0.25) is 0 Å². The van der Waals surface area contributed by atoms with Crippen LogP contribution >= 0.6 is 12.2 Å². The Morgan fingerprint density at radius 2 is 1.63 bits per heavy atom. The average molecular weight is 275 g/mol. The number of nitrogens with one attached hydrogen (secondary N) is 1. The summed E-state index contributed by atoms with van der Waals surface area (Å²) < 4.78 is 2.76. The lowest BCUT2D eigenvalue weighted by atomic mass is 9.98. The lowest BCUT2D eigenvalue weighted by Gasteiger charge is -2.23. The van der Waals surface area contributed by atoms with Gasteiger partial charge in [0.05, 0.1) is 0 Å². The molecule has 19 heavy (non-hydrogen) atoms. The summed E-state index contributed by atoms with van der Waals surface area (Å²) in [6.45, 7) is 12.8. The van der Waals surface area contributed by atoms with Gasteiger partial charge in [0.1, 0.15) is 0 Å². The van der Waals surface area contributed by atoms with Gasteiger partial charge in [0, 0.05) is 11.1 Å². The summed E-state index contributed by atoms with van der Waals surface area (Å²) >= 11 is 5.38. The van der Waals surface area contributed by atoms with Gasteiger partial charge in [-0.1, -0.05) is 17.7 Å². The molecule has 102 valence electrons. The van der Waals surface area contributed by atoms with E-state index in [0.29, 0.717) is 4.77 Å².